The number of alkyl halides is 1. The summed E-state index contributed by atoms with van der Waals surface area (Å²) in [5, 5.41) is 13.8. The molecule has 0 fully saturated rings. The van der Waals surface area contributed by atoms with Crippen molar-refractivity contribution in [3.63, 3.8) is 0 Å². The number of hydrogen-bond donors (Lipinski definition) is 4. The molecule has 1 unspecified atom stereocenters. The SMILES string of the molecule is COc1cc(C(CNC(=O)CCl)Nc2ccc(C(=N)N)cc2)ccc1OCc1ccccc1. The van der Waals surface area contributed by atoms with Crippen LogP contribution in [0.15, 0.2) is 72.8 Å². The summed E-state index contributed by atoms with van der Waals surface area (Å²) < 4.78 is 11.5. The molecule has 1 atom stereocenters. The highest BCUT2D eigenvalue weighted by atomic mass is 35.5. The quantitative estimate of drug-likeness (QED) is 0.193. The van der Waals surface area contributed by atoms with Crippen LogP contribution in [0.5, 0.6) is 11.5 Å². The lowest BCUT2D eigenvalue weighted by molar-refractivity contribution is -0.118. The summed E-state index contributed by atoms with van der Waals surface area (Å²) in [6, 6.07) is 22.5. The minimum Gasteiger partial charge on any atom is -0.493 e. The molecule has 0 saturated heterocycles. The molecule has 0 aliphatic heterocycles. The zero-order valence-electron chi connectivity index (χ0n) is 18.3. The van der Waals surface area contributed by atoms with Gasteiger partial charge in [0.1, 0.15) is 18.3 Å². The van der Waals surface area contributed by atoms with Gasteiger partial charge >= 0.3 is 0 Å². The van der Waals surface area contributed by atoms with Crippen molar-refractivity contribution in [3.05, 3.63) is 89.5 Å². The van der Waals surface area contributed by atoms with Crippen LogP contribution >= 0.6 is 11.6 Å². The van der Waals surface area contributed by atoms with Crippen LogP contribution in [-0.2, 0) is 11.4 Å². The monoisotopic (exact) mass is 466 g/mol. The van der Waals surface area contributed by atoms with Crippen molar-refractivity contribution in [3.8, 4) is 11.5 Å². The molecule has 0 aromatic heterocycles. The molecule has 0 aliphatic rings. The molecule has 0 bridgehead atoms. The zero-order valence-corrected chi connectivity index (χ0v) is 19.1. The lowest BCUT2D eigenvalue weighted by atomic mass is 10.0. The fourth-order valence-corrected chi connectivity index (χ4v) is 3.31. The smallest absolute Gasteiger partial charge is 0.235 e. The Morgan fingerprint density at radius 1 is 1.06 bits per heavy atom. The Labute approximate surface area is 198 Å². The first-order valence-electron chi connectivity index (χ1n) is 10.4. The van der Waals surface area contributed by atoms with Crippen LogP contribution in [0.2, 0.25) is 0 Å². The number of benzene rings is 3. The van der Waals surface area contributed by atoms with Crippen molar-refractivity contribution in [1.29, 1.82) is 5.41 Å². The Balaban J connectivity index is 1.80. The third kappa shape index (κ3) is 6.89. The van der Waals surface area contributed by atoms with Gasteiger partial charge in [-0.15, -0.1) is 11.6 Å². The van der Waals surface area contributed by atoms with Gasteiger partial charge in [-0.1, -0.05) is 36.4 Å². The predicted octanol–water partition coefficient (Wildman–Crippen LogP) is 4.07. The number of amides is 1. The van der Waals surface area contributed by atoms with Crippen molar-refractivity contribution in [2.24, 2.45) is 5.73 Å². The molecule has 0 saturated carbocycles. The lowest BCUT2D eigenvalue weighted by Gasteiger charge is -2.22. The Bertz CT molecular complexity index is 1070. The average Bonchev–Trinajstić information content (AvgIpc) is 2.85. The first-order chi connectivity index (χ1) is 16.0. The summed E-state index contributed by atoms with van der Waals surface area (Å²) in [6.45, 7) is 0.736. The number of nitrogens with one attached hydrogen (secondary N) is 3. The van der Waals surface area contributed by atoms with E-state index in [9.17, 15) is 4.79 Å². The topological polar surface area (TPSA) is 109 Å². The second-order valence-corrected chi connectivity index (χ2v) is 7.58. The van der Waals surface area contributed by atoms with Crippen molar-refractivity contribution in [2.45, 2.75) is 12.6 Å². The number of carbonyl (C=O) groups excluding carboxylic acids is 1. The number of nitrogen functional groups attached to an aromatic ring is 1. The molecule has 7 nitrogen and oxygen atoms in total. The van der Waals surface area contributed by atoms with Crippen molar-refractivity contribution in [1.82, 2.24) is 5.32 Å². The normalized spacial score (nSPS) is 11.3. The van der Waals surface area contributed by atoms with Crippen LogP contribution in [0.3, 0.4) is 0 Å². The molecule has 3 aromatic carbocycles. The van der Waals surface area contributed by atoms with Gasteiger partial charge in [0.2, 0.25) is 5.91 Å². The van der Waals surface area contributed by atoms with Crippen molar-refractivity contribution in [2.75, 3.05) is 24.9 Å². The first-order valence-corrected chi connectivity index (χ1v) is 10.9. The largest absolute Gasteiger partial charge is 0.493 e. The van der Waals surface area contributed by atoms with E-state index in [2.05, 4.69) is 10.6 Å². The lowest BCUT2D eigenvalue weighted by Crippen LogP contribution is -2.32. The van der Waals surface area contributed by atoms with Crippen molar-refractivity contribution < 1.29 is 14.3 Å². The van der Waals surface area contributed by atoms with Crippen LogP contribution in [0.25, 0.3) is 0 Å². The molecule has 0 spiro atoms. The predicted molar refractivity (Wildman–Crippen MR) is 131 cm³/mol. The minimum absolute atomic E-state index is 0.00306. The summed E-state index contributed by atoms with van der Waals surface area (Å²) >= 11 is 5.64. The number of hydrogen-bond acceptors (Lipinski definition) is 5. The highest BCUT2D eigenvalue weighted by Gasteiger charge is 2.16. The van der Waals surface area contributed by atoms with E-state index in [1.165, 1.54) is 0 Å². The summed E-state index contributed by atoms with van der Waals surface area (Å²) in [7, 11) is 1.59. The summed E-state index contributed by atoms with van der Waals surface area (Å²) in [4.78, 5) is 11.8. The second kappa shape index (κ2) is 11.8. The van der Waals surface area contributed by atoms with E-state index in [0.29, 0.717) is 30.2 Å². The molecule has 172 valence electrons. The summed E-state index contributed by atoms with van der Waals surface area (Å²) in [5.41, 5.74) is 8.93. The fourth-order valence-electron chi connectivity index (χ4n) is 3.22. The molecule has 0 radical (unpaired) electrons. The Kier molecular flexibility index (Phi) is 8.55. The third-order valence-corrected chi connectivity index (χ3v) is 5.23. The van der Waals surface area contributed by atoms with E-state index in [0.717, 1.165) is 16.8 Å². The highest BCUT2D eigenvalue weighted by molar-refractivity contribution is 6.27. The fraction of sp³-hybridized carbons (Fsp3) is 0.200. The maximum Gasteiger partial charge on any atom is 0.235 e. The summed E-state index contributed by atoms with van der Waals surface area (Å²) in [5.74, 6) is 0.842. The Hall–Kier alpha value is -3.71. The van der Waals surface area contributed by atoms with Gasteiger partial charge < -0.3 is 25.8 Å². The number of anilines is 1. The molecule has 33 heavy (non-hydrogen) atoms. The maximum absolute atomic E-state index is 11.8. The molecule has 5 N–H and O–H groups in total. The van der Waals surface area contributed by atoms with E-state index in [1.54, 1.807) is 19.2 Å². The number of ether oxygens (including phenoxy) is 2. The standard InChI is InChI=1S/C25H27ClN4O3/c1-32-23-13-19(9-12-22(23)33-16-17-5-3-2-4-6-17)21(15-29-24(31)14-26)30-20-10-7-18(8-11-20)25(27)28/h2-13,21,30H,14-16H2,1H3,(H3,27,28)(H,29,31). The van der Waals surface area contributed by atoms with Crippen LogP contribution in [0.4, 0.5) is 5.69 Å². The van der Waals surface area contributed by atoms with Crippen LogP contribution < -0.4 is 25.8 Å². The number of halogens is 1. The van der Waals surface area contributed by atoms with E-state index >= 15 is 0 Å². The van der Waals surface area contributed by atoms with Gasteiger partial charge in [-0.2, -0.15) is 0 Å². The highest BCUT2D eigenvalue weighted by Crippen LogP contribution is 2.32. The summed E-state index contributed by atoms with van der Waals surface area (Å²) in [6.07, 6.45) is 0. The first kappa shape index (κ1) is 23.9. The molecule has 0 aliphatic carbocycles. The van der Waals surface area contributed by atoms with Gasteiger partial charge in [-0.05, 0) is 47.5 Å². The number of rotatable bonds is 11. The Morgan fingerprint density at radius 2 is 1.79 bits per heavy atom. The molecule has 3 aromatic rings. The molecule has 0 heterocycles. The van der Waals surface area contributed by atoms with Crippen LogP contribution in [-0.4, -0.2) is 31.3 Å². The van der Waals surface area contributed by atoms with E-state index in [-0.39, 0.29) is 23.7 Å². The molecule has 8 heteroatoms. The van der Waals surface area contributed by atoms with Gasteiger partial charge in [0, 0.05) is 17.8 Å². The third-order valence-electron chi connectivity index (χ3n) is 4.99. The number of methoxy groups -OCH3 is 1. The Morgan fingerprint density at radius 3 is 2.42 bits per heavy atom. The molecular weight excluding hydrogens is 440 g/mol. The molecular formula is C25H27ClN4O3. The van der Waals surface area contributed by atoms with Gasteiger partial charge in [0.15, 0.2) is 11.5 Å². The van der Waals surface area contributed by atoms with E-state index in [1.807, 2.05) is 60.7 Å². The van der Waals surface area contributed by atoms with Crippen molar-refractivity contribution >= 4 is 29.0 Å². The molecule has 1 amide bonds. The molecule has 3 rings (SSSR count). The second-order valence-electron chi connectivity index (χ2n) is 7.31. The number of nitrogens with two attached hydrogens (primary N) is 1. The average molecular weight is 467 g/mol. The van der Waals surface area contributed by atoms with Gasteiger partial charge in [0.05, 0.1) is 13.2 Å². The van der Waals surface area contributed by atoms with E-state index < -0.39 is 0 Å². The maximum atomic E-state index is 11.8. The van der Waals surface area contributed by atoms with E-state index in [4.69, 9.17) is 32.2 Å². The zero-order chi connectivity index (χ0) is 23.6. The van der Waals surface area contributed by atoms with Gasteiger partial charge in [0.25, 0.3) is 0 Å². The number of amidine groups is 1. The van der Waals surface area contributed by atoms with Crippen LogP contribution in [0, 0.1) is 5.41 Å². The van der Waals surface area contributed by atoms with Gasteiger partial charge in [-0.25, -0.2) is 0 Å². The van der Waals surface area contributed by atoms with Gasteiger partial charge in [-0.3, -0.25) is 10.2 Å². The minimum atomic E-state index is -0.266. The number of carbonyl (C=O) groups is 1. The van der Waals surface area contributed by atoms with Crippen LogP contribution in [0.1, 0.15) is 22.7 Å².